The molecule has 0 saturated carbocycles. The average molecular weight is 353 g/mol. The highest BCUT2D eigenvalue weighted by atomic mass is 32.2. The zero-order valence-electron chi connectivity index (χ0n) is 12.9. The fraction of sp³-hybridized carbons (Fsp3) is 0.333. The molecule has 8 heteroatoms. The lowest BCUT2D eigenvalue weighted by Gasteiger charge is -2.12. The molecular formula is C15H19N3O3S2. The van der Waals surface area contributed by atoms with Crippen LogP contribution in [-0.4, -0.2) is 32.1 Å². The van der Waals surface area contributed by atoms with E-state index in [0.29, 0.717) is 17.8 Å². The van der Waals surface area contributed by atoms with Gasteiger partial charge in [0.1, 0.15) is 0 Å². The van der Waals surface area contributed by atoms with Crippen LogP contribution in [0, 0.1) is 0 Å². The van der Waals surface area contributed by atoms with Gasteiger partial charge in [-0.1, -0.05) is 6.07 Å². The van der Waals surface area contributed by atoms with Crippen molar-refractivity contribution in [1.29, 1.82) is 0 Å². The van der Waals surface area contributed by atoms with E-state index in [1.54, 1.807) is 18.5 Å². The lowest BCUT2D eigenvalue weighted by Crippen LogP contribution is -2.25. The first-order chi connectivity index (χ1) is 10.8. The first-order valence-electron chi connectivity index (χ1n) is 7.09. The molecule has 0 aliphatic heterocycles. The van der Waals surface area contributed by atoms with Gasteiger partial charge in [0, 0.05) is 23.8 Å². The molecular weight excluding hydrogens is 334 g/mol. The van der Waals surface area contributed by atoms with Crippen molar-refractivity contribution in [2.24, 2.45) is 0 Å². The number of pyridine rings is 1. The van der Waals surface area contributed by atoms with Crippen molar-refractivity contribution in [3.63, 3.8) is 0 Å². The van der Waals surface area contributed by atoms with E-state index < -0.39 is 10.0 Å². The number of rotatable bonds is 7. The lowest BCUT2D eigenvalue weighted by atomic mass is 10.1. The third kappa shape index (κ3) is 5.74. The molecule has 2 heterocycles. The third-order valence-corrected chi connectivity index (χ3v) is 5.03. The molecule has 0 spiro atoms. The summed E-state index contributed by atoms with van der Waals surface area (Å²) in [5.74, 6) is -0.145. The molecule has 1 amide bonds. The molecule has 1 unspecified atom stereocenters. The molecule has 0 radical (unpaired) electrons. The van der Waals surface area contributed by atoms with Crippen LogP contribution in [0.1, 0.15) is 33.1 Å². The van der Waals surface area contributed by atoms with Crippen LogP contribution in [0.15, 0.2) is 36.7 Å². The molecule has 0 aliphatic carbocycles. The second-order valence-corrected chi connectivity index (χ2v) is 8.17. The van der Waals surface area contributed by atoms with E-state index in [9.17, 15) is 13.2 Å². The molecule has 6 nitrogen and oxygen atoms in total. The van der Waals surface area contributed by atoms with E-state index in [0.717, 1.165) is 16.7 Å². The Morgan fingerprint density at radius 1 is 1.35 bits per heavy atom. The van der Waals surface area contributed by atoms with Crippen molar-refractivity contribution in [1.82, 2.24) is 15.0 Å². The molecule has 0 bridgehead atoms. The summed E-state index contributed by atoms with van der Waals surface area (Å²) in [7, 11) is -3.18. The van der Waals surface area contributed by atoms with E-state index in [1.807, 2.05) is 25.1 Å². The molecule has 124 valence electrons. The summed E-state index contributed by atoms with van der Waals surface area (Å²) in [5.41, 5.74) is 0.940. The second kappa shape index (κ2) is 7.67. The quantitative estimate of drug-likeness (QED) is 0.793. The first kappa shape index (κ1) is 17.6. The monoisotopic (exact) mass is 353 g/mol. The molecule has 1 atom stereocenters. The van der Waals surface area contributed by atoms with Crippen molar-refractivity contribution < 1.29 is 13.2 Å². The van der Waals surface area contributed by atoms with Gasteiger partial charge in [-0.3, -0.25) is 9.78 Å². The summed E-state index contributed by atoms with van der Waals surface area (Å²) in [6, 6.07) is 7.21. The van der Waals surface area contributed by atoms with Crippen LogP contribution >= 0.6 is 11.3 Å². The van der Waals surface area contributed by atoms with Crippen molar-refractivity contribution in [2.45, 2.75) is 19.4 Å². The average Bonchev–Trinajstić information content (AvgIpc) is 2.96. The number of carbonyl (C=O) groups is 1. The van der Waals surface area contributed by atoms with Gasteiger partial charge < -0.3 is 5.32 Å². The number of thiophene rings is 1. The summed E-state index contributed by atoms with van der Waals surface area (Å²) in [6.45, 7) is 2.23. The van der Waals surface area contributed by atoms with Gasteiger partial charge in [0.2, 0.25) is 10.0 Å². The summed E-state index contributed by atoms with van der Waals surface area (Å²) < 4.78 is 24.5. The van der Waals surface area contributed by atoms with Gasteiger partial charge in [-0.2, -0.15) is 0 Å². The van der Waals surface area contributed by atoms with E-state index in [1.165, 1.54) is 11.3 Å². The smallest absolute Gasteiger partial charge is 0.261 e. The Balaban J connectivity index is 1.91. The van der Waals surface area contributed by atoms with Crippen molar-refractivity contribution >= 4 is 27.3 Å². The van der Waals surface area contributed by atoms with E-state index >= 15 is 0 Å². The summed E-state index contributed by atoms with van der Waals surface area (Å²) in [4.78, 5) is 17.8. The van der Waals surface area contributed by atoms with Crippen molar-refractivity contribution in [2.75, 3.05) is 12.8 Å². The third-order valence-electron chi connectivity index (χ3n) is 3.15. The van der Waals surface area contributed by atoms with Gasteiger partial charge in [-0.05, 0) is 37.1 Å². The van der Waals surface area contributed by atoms with Crippen LogP contribution in [0.2, 0.25) is 0 Å². The fourth-order valence-electron chi connectivity index (χ4n) is 1.98. The minimum atomic E-state index is -3.18. The van der Waals surface area contributed by atoms with Gasteiger partial charge in [-0.25, -0.2) is 13.1 Å². The number of nitrogens with one attached hydrogen (secondary N) is 2. The standard InChI is InChI=1S/C15H19N3O3S2/c1-11(12-4-3-8-16-10-12)18-15(19)14-6-5-13(22-14)7-9-17-23(2,20)21/h3-6,8,10-11,17H,7,9H2,1-2H3,(H,18,19). The molecule has 0 fully saturated rings. The Bertz CT molecular complexity index is 757. The zero-order valence-corrected chi connectivity index (χ0v) is 14.6. The topological polar surface area (TPSA) is 88.2 Å². The molecule has 0 aliphatic rings. The molecule has 23 heavy (non-hydrogen) atoms. The van der Waals surface area contributed by atoms with Gasteiger partial charge in [-0.15, -0.1) is 11.3 Å². The Kier molecular flexibility index (Phi) is 5.86. The predicted molar refractivity (Wildman–Crippen MR) is 91.0 cm³/mol. The van der Waals surface area contributed by atoms with Crippen LogP contribution in [0.4, 0.5) is 0 Å². The van der Waals surface area contributed by atoms with Crippen LogP contribution in [0.25, 0.3) is 0 Å². The minimum absolute atomic E-state index is 0.131. The Morgan fingerprint density at radius 2 is 2.13 bits per heavy atom. The Labute approximate surface area is 140 Å². The van der Waals surface area contributed by atoms with Gasteiger partial charge in [0.25, 0.3) is 5.91 Å². The van der Waals surface area contributed by atoms with Crippen LogP contribution in [0.5, 0.6) is 0 Å². The van der Waals surface area contributed by atoms with E-state index in [-0.39, 0.29) is 11.9 Å². The van der Waals surface area contributed by atoms with E-state index in [2.05, 4.69) is 15.0 Å². The van der Waals surface area contributed by atoms with Crippen molar-refractivity contribution in [3.8, 4) is 0 Å². The first-order valence-corrected chi connectivity index (χ1v) is 9.80. The Morgan fingerprint density at radius 3 is 2.78 bits per heavy atom. The zero-order chi connectivity index (χ0) is 16.9. The fourth-order valence-corrected chi connectivity index (χ4v) is 3.36. The van der Waals surface area contributed by atoms with E-state index in [4.69, 9.17) is 0 Å². The number of nitrogens with zero attached hydrogens (tertiary/aromatic N) is 1. The maximum atomic E-state index is 12.2. The number of hydrogen-bond donors (Lipinski definition) is 2. The highest BCUT2D eigenvalue weighted by molar-refractivity contribution is 7.88. The van der Waals surface area contributed by atoms with Crippen LogP contribution in [0.3, 0.4) is 0 Å². The van der Waals surface area contributed by atoms with Gasteiger partial charge in [0.05, 0.1) is 17.2 Å². The van der Waals surface area contributed by atoms with Crippen LogP contribution in [-0.2, 0) is 16.4 Å². The molecule has 2 aromatic rings. The molecule has 2 rings (SSSR count). The largest absolute Gasteiger partial charge is 0.345 e. The van der Waals surface area contributed by atoms with Gasteiger partial charge >= 0.3 is 0 Å². The predicted octanol–water partition coefficient (Wildman–Crippen LogP) is 1.73. The number of hydrogen-bond acceptors (Lipinski definition) is 5. The molecule has 0 saturated heterocycles. The minimum Gasteiger partial charge on any atom is -0.345 e. The molecule has 2 N–H and O–H groups in total. The number of sulfonamides is 1. The summed E-state index contributed by atoms with van der Waals surface area (Å²) in [6.07, 6.45) is 5.10. The highest BCUT2D eigenvalue weighted by Gasteiger charge is 2.13. The molecule has 0 aromatic carbocycles. The summed E-state index contributed by atoms with van der Waals surface area (Å²) in [5, 5.41) is 2.93. The maximum Gasteiger partial charge on any atom is 0.261 e. The second-order valence-electron chi connectivity index (χ2n) is 5.16. The molecule has 2 aromatic heterocycles. The maximum absolute atomic E-state index is 12.2. The number of amides is 1. The highest BCUT2D eigenvalue weighted by Crippen LogP contribution is 2.18. The number of aromatic nitrogens is 1. The van der Waals surface area contributed by atoms with Gasteiger partial charge in [0.15, 0.2) is 0 Å². The normalized spacial score (nSPS) is 12.8. The van der Waals surface area contributed by atoms with Crippen LogP contribution < -0.4 is 10.0 Å². The summed E-state index contributed by atoms with van der Waals surface area (Å²) >= 11 is 1.37. The SMILES string of the molecule is CC(NC(=O)c1ccc(CCNS(C)(=O)=O)s1)c1cccnc1. The lowest BCUT2D eigenvalue weighted by molar-refractivity contribution is 0.0944. The Hall–Kier alpha value is -1.77. The number of carbonyl (C=O) groups excluding carboxylic acids is 1. The van der Waals surface area contributed by atoms with Crippen molar-refractivity contribution in [3.05, 3.63) is 52.0 Å².